The first-order chi connectivity index (χ1) is 13.1. The quantitative estimate of drug-likeness (QED) is 0.881. The number of hydrogen-bond donors (Lipinski definition) is 1. The molecule has 0 bridgehead atoms. The van der Waals surface area contributed by atoms with Gasteiger partial charge in [-0.15, -0.1) is 0 Å². The molecule has 0 unspecified atom stereocenters. The maximum absolute atomic E-state index is 12.7. The molecular weight excluding hydrogens is 344 g/mol. The Balaban J connectivity index is 1.70. The smallest absolute Gasteiger partial charge is 0.162 e. The van der Waals surface area contributed by atoms with Gasteiger partial charge in [-0.1, -0.05) is 12.1 Å². The number of aliphatic hydroxyl groups is 1. The van der Waals surface area contributed by atoms with E-state index in [0.29, 0.717) is 31.3 Å². The second-order valence-electron chi connectivity index (χ2n) is 7.79. The third kappa shape index (κ3) is 3.41. The van der Waals surface area contributed by atoms with E-state index in [9.17, 15) is 14.7 Å². The van der Waals surface area contributed by atoms with E-state index in [0.717, 1.165) is 36.3 Å². The van der Waals surface area contributed by atoms with Crippen molar-refractivity contribution in [3.63, 3.8) is 0 Å². The summed E-state index contributed by atoms with van der Waals surface area (Å²) in [5.41, 5.74) is 1.67. The second-order valence-corrected chi connectivity index (χ2v) is 7.79. The Kier molecular flexibility index (Phi) is 5.04. The Bertz CT molecular complexity index is 763. The highest BCUT2D eigenvalue weighted by Crippen LogP contribution is 2.47. The number of hydrogen-bond acceptors (Lipinski definition) is 5. The molecule has 1 N–H and O–H groups in total. The Morgan fingerprint density at radius 3 is 2.56 bits per heavy atom. The standard InChI is InChI=1S/C22H26O5/c1-26-14-10-8-13(9-11-14)20-12-15(21-16(23)4-2-5-17(21)24)22-18(25)6-3-7-19(22)27-20/h8-11,15-16,20-21,23H,2-7,12H2,1H3/t15-,16-,20+,21+/m1/s1. The van der Waals surface area contributed by atoms with Gasteiger partial charge >= 0.3 is 0 Å². The molecule has 27 heavy (non-hydrogen) atoms. The van der Waals surface area contributed by atoms with Gasteiger partial charge in [-0.3, -0.25) is 9.59 Å². The van der Waals surface area contributed by atoms with Crippen LogP contribution in [0.3, 0.4) is 0 Å². The fourth-order valence-corrected chi connectivity index (χ4v) is 4.83. The Hall–Kier alpha value is -2.14. The van der Waals surface area contributed by atoms with Crippen molar-refractivity contribution < 1.29 is 24.2 Å². The lowest BCUT2D eigenvalue weighted by molar-refractivity contribution is -0.133. The minimum atomic E-state index is -0.672. The number of rotatable bonds is 3. The van der Waals surface area contributed by atoms with Crippen molar-refractivity contribution in [2.75, 3.05) is 7.11 Å². The first-order valence-corrected chi connectivity index (χ1v) is 9.86. The van der Waals surface area contributed by atoms with Gasteiger partial charge in [0, 0.05) is 30.8 Å². The molecule has 1 saturated carbocycles. The number of aliphatic hydroxyl groups excluding tert-OH is 1. The highest BCUT2D eigenvalue weighted by Gasteiger charge is 2.46. The molecule has 1 aliphatic heterocycles. The van der Waals surface area contributed by atoms with Crippen molar-refractivity contribution in [2.24, 2.45) is 11.8 Å². The molecule has 4 rings (SSSR count). The van der Waals surface area contributed by atoms with Crippen LogP contribution in [-0.4, -0.2) is 29.9 Å². The normalized spacial score (nSPS) is 31.3. The molecule has 2 aliphatic carbocycles. The van der Waals surface area contributed by atoms with E-state index >= 15 is 0 Å². The average molecular weight is 370 g/mol. The van der Waals surface area contributed by atoms with Crippen LogP contribution in [0.1, 0.15) is 56.6 Å². The minimum Gasteiger partial charge on any atom is -0.497 e. The SMILES string of the molecule is COc1ccc([C@@H]2C[C@H]([C@@H]3C(=O)CCC[C@H]3O)C3=C(CCCC3=O)O2)cc1. The van der Waals surface area contributed by atoms with Crippen molar-refractivity contribution in [2.45, 2.75) is 57.2 Å². The molecule has 0 spiro atoms. The summed E-state index contributed by atoms with van der Waals surface area (Å²) in [6.07, 6.45) is 3.50. The van der Waals surface area contributed by atoms with Gasteiger partial charge in [-0.25, -0.2) is 0 Å². The summed E-state index contributed by atoms with van der Waals surface area (Å²) in [6, 6.07) is 7.72. The van der Waals surface area contributed by atoms with E-state index in [1.165, 1.54) is 0 Å². The zero-order valence-corrected chi connectivity index (χ0v) is 15.6. The Labute approximate surface area is 159 Å². The molecule has 3 aliphatic rings. The maximum Gasteiger partial charge on any atom is 0.162 e. The van der Waals surface area contributed by atoms with Crippen LogP contribution in [0.4, 0.5) is 0 Å². The van der Waals surface area contributed by atoms with Crippen LogP contribution < -0.4 is 4.74 Å². The topological polar surface area (TPSA) is 72.8 Å². The van der Waals surface area contributed by atoms with Crippen molar-refractivity contribution in [1.82, 2.24) is 0 Å². The molecule has 0 radical (unpaired) electrons. The van der Waals surface area contributed by atoms with Gasteiger partial charge in [0.15, 0.2) is 5.78 Å². The van der Waals surface area contributed by atoms with Crippen LogP contribution >= 0.6 is 0 Å². The number of methoxy groups -OCH3 is 1. The molecular formula is C22H26O5. The molecule has 0 saturated heterocycles. The van der Waals surface area contributed by atoms with Gasteiger partial charge in [0.2, 0.25) is 0 Å². The number of Topliss-reactive ketones (excluding diaryl/α,β-unsaturated/α-hetero) is 2. The lowest BCUT2D eigenvalue weighted by Gasteiger charge is -2.41. The van der Waals surface area contributed by atoms with Crippen LogP contribution in [0.2, 0.25) is 0 Å². The first kappa shape index (κ1) is 18.2. The van der Waals surface area contributed by atoms with Crippen molar-refractivity contribution in [1.29, 1.82) is 0 Å². The third-order valence-electron chi connectivity index (χ3n) is 6.16. The molecule has 0 aromatic heterocycles. The molecule has 1 aromatic carbocycles. The monoisotopic (exact) mass is 370 g/mol. The summed E-state index contributed by atoms with van der Waals surface area (Å²) in [5.74, 6) is 0.928. The van der Waals surface area contributed by atoms with Crippen molar-refractivity contribution >= 4 is 11.6 Å². The van der Waals surface area contributed by atoms with E-state index in [4.69, 9.17) is 9.47 Å². The highest BCUT2D eigenvalue weighted by atomic mass is 16.5. The van der Waals surface area contributed by atoms with Gasteiger partial charge in [-0.05, 0) is 43.4 Å². The van der Waals surface area contributed by atoms with Crippen LogP contribution in [0, 0.1) is 11.8 Å². The van der Waals surface area contributed by atoms with Crippen LogP contribution in [0.15, 0.2) is 35.6 Å². The molecule has 144 valence electrons. The molecule has 5 heteroatoms. The van der Waals surface area contributed by atoms with Crippen LogP contribution in [-0.2, 0) is 14.3 Å². The van der Waals surface area contributed by atoms with Crippen LogP contribution in [0.25, 0.3) is 0 Å². The Morgan fingerprint density at radius 1 is 1.07 bits per heavy atom. The van der Waals surface area contributed by atoms with Crippen LogP contribution in [0.5, 0.6) is 5.75 Å². The summed E-state index contributed by atoms with van der Waals surface area (Å²) in [5, 5.41) is 10.6. The van der Waals surface area contributed by atoms with E-state index < -0.39 is 12.0 Å². The number of allylic oxidation sites excluding steroid dienone is 2. The molecule has 1 fully saturated rings. The van der Waals surface area contributed by atoms with Gasteiger partial charge in [-0.2, -0.15) is 0 Å². The zero-order valence-electron chi connectivity index (χ0n) is 15.6. The lowest BCUT2D eigenvalue weighted by Crippen LogP contribution is -2.43. The Morgan fingerprint density at radius 2 is 1.85 bits per heavy atom. The van der Waals surface area contributed by atoms with Crippen molar-refractivity contribution in [3.8, 4) is 5.75 Å². The van der Waals surface area contributed by atoms with Gasteiger partial charge in [0.1, 0.15) is 23.4 Å². The number of ether oxygens (including phenoxy) is 2. The summed E-state index contributed by atoms with van der Waals surface area (Å²) in [6.45, 7) is 0. The fraction of sp³-hybridized carbons (Fsp3) is 0.545. The van der Waals surface area contributed by atoms with Gasteiger partial charge in [0.25, 0.3) is 0 Å². The second kappa shape index (κ2) is 7.47. The van der Waals surface area contributed by atoms with Crippen molar-refractivity contribution in [3.05, 3.63) is 41.2 Å². The van der Waals surface area contributed by atoms with E-state index in [1.54, 1.807) is 7.11 Å². The fourth-order valence-electron chi connectivity index (χ4n) is 4.83. The molecule has 4 atom stereocenters. The summed E-state index contributed by atoms with van der Waals surface area (Å²) >= 11 is 0. The maximum atomic E-state index is 12.7. The third-order valence-corrected chi connectivity index (χ3v) is 6.16. The number of benzene rings is 1. The first-order valence-electron chi connectivity index (χ1n) is 9.86. The van der Waals surface area contributed by atoms with E-state index in [1.807, 2.05) is 24.3 Å². The molecule has 0 amide bonds. The average Bonchev–Trinajstić information content (AvgIpc) is 2.68. The minimum absolute atomic E-state index is 0.0827. The largest absolute Gasteiger partial charge is 0.497 e. The summed E-state index contributed by atoms with van der Waals surface area (Å²) in [7, 11) is 1.63. The van der Waals surface area contributed by atoms with Gasteiger partial charge < -0.3 is 14.6 Å². The summed E-state index contributed by atoms with van der Waals surface area (Å²) in [4.78, 5) is 25.3. The highest BCUT2D eigenvalue weighted by molar-refractivity contribution is 5.98. The zero-order chi connectivity index (χ0) is 19.0. The molecule has 1 aromatic rings. The predicted octanol–water partition coefficient (Wildman–Crippen LogP) is 3.51. The lowest BCUT2D eigenvalue weighted by atomic mass is 9.68. The van der Waals surface area contributed by atoms with Gasteiger partial charge in [0.05, 0.1) is 19.1 Å². The number of carbonyl (C=O) groups excluding carboxylic acids is 2. The van der Waals surface area contributed by atoms with E-state index in [2.05, 4.69) is 0 Å². The molecule has 1 heterocycles. The summed E-state index contributed by atoms with van der Waals surface area (Å²) < 4.78 is 11.5. The number of carbonyl (C=O) groups is 2. The predicted molar refractivity (Wildman–Crippen MR) is 99.2 cm³/mol. The molecule has 5 nitrogen and oxygen atoms in total. The van der Waals surface area contributed by atoms with E-state index in [-0.39, 0.29) is 23.6 Å². The number of ketones is 2.